The quantitative estimate of drug-likeness (QED) is 0.655. The van der Waals surface area contributed by atoms with Gasteiger partial charge in [-0.3, -0.25) is 15.0 Å². The molecule has 5 nitrogen and oxygen atoms in total. The van der Waals surface area contributed by atoms with Crippen molar-refractivity contribution in [2.75, 3.05) is 19.6 Å². The molecule has 18 heavy (non-hydrogen) atoms. The number of nitro groups is 1. The number of hydrogen-bond acceptors (Lipinski definition) is 4. The molecule has 98 valence electrons. The minimum Gasteiger partial charge on any atom is -0.314 e. The third-order valence-electron chi connectivity index (χ3n) is 3.27. The van der Waals surface area contributed by atoms with E-state index in [0.29, 0.717) is 18.2 Å². The van der Waals surface area contributed by atoms with E-state index in [1.54, 1.807) is 6.07 Å². The lowest BCUT2D eigenvalue weighted by atomic mass is 10.1. The van der Waals surface area contributed by atoms with E-state index in [1.165, 1.54) is 12.1 Å². The van der Waals surface area contributed by atoms with Crippen molar-refractivity contribution in [1.82, 2.24) is 10.2 Å². The van der Waals surface area contributed by atoms with Crippen LogP contribution in [0, 0.1) is 15.9 Å². The third-order valence-corrected chi connectivity index (χ3v) is 3.27. The van der Waals surface area contributed by atoms with E-state index >= 15 is 0 Å². The number of piperazine rings is 1. The molecule has 0 amide bonds. The highest BCUT2D eigenvalue weighted by Gasteiger charge is 2.22. The molecule has 1 aliphatic rings. The Balaban J connectivity index is 2.18. The summed E-state index contributed by atoms with van der Waals surface area (Å²) < 4.78 is 13.9. The molecule has 1 saturated heterocycles. The largest absolute Gasteiger partial charge is 0.314 e. The van der Waals surface area contributed by atoms with Crippen LogP contribution in [0.2, 0.25) is 0 Å². The van der Waals surface area contributed by atoms with Crippen molar-refractivity contribution in [2.45, 2.75) is 19.5 Å². The minimum atomic E-state index is -0.715. The SMILES string of the molecule is C[C@H]1CNCCN1Cc1cccc([N+](=O)[O-])c1F. The first-order valence-corrected chi connectivity index (χ1v) is 5.96. The van der Waals surface area contributed by atoms with E-state index in [4.69, 9.17) is 0 Å². The number of nitrogens with one attached hydrogen (secondary N) is 1. The predicted octanol–water partition coefficient (Wildman–Crippen LogP) is 1.53. The van der Waals surface area contributed by atoms with Gasteiger partial charge in [-0.05, 0) is 6.92 Å². The average molecular weight is 253 g/mol. The molecule has 0 radical (unpaired) electrons. The summed E-state index contributed by atoms with van der Waals surface area (Å²) in [7, 11) is 0. The Morgan fingerprint density at radius 2 is 2.39 bits per heavy atom. The van der Waals surface area contributed by atoms with Gasteiger partial charge >= 0.3 is 5.69 Å². The molecular formula is C12H16FN3O2. The fraction of sp³-hybridized carbons (Fsp3) is 0.500. The van der Waals surface area contributed by atoms with Crippen molar-refractivity contribution in [1.29, 1.82) is 0 Å². The molecule has 6 heteroatoms. The van der Waals surface area contributed by atoms with E-state index in [-0.39, 0.29) is 0 Å². The maximum atomic E-state index is 13.9. The minimum absolute atomic E-state index is 0.303. The van der Waals surface area contributed by atoms with Crippen LogP contribution in [0.3, 0.4) is 0 Å². The van der Waals surface area contributed by atoms with Crippen LogP contribution in [-0.4, -0.2) is 35.5 Å². The van der Waals surface area contributed by atoms with Gasteiger partial charge in [0.05, 0.1) is 4.92 Å². The zero-order valence-electron chi connectivity index (χ0n) is 10.2. The molecule has 1 aliphatic heterocycles. The van der Waals surface area contributed by atoms with Gasteiger partial charge in [0.1, 0.15) is 0 Å². The van der Waals surface area contributed by atoms with Crippen LogP contribution >= 0.6 is 0 Å². The molecule has 1 aromatic carbocycles. The summed E-state index contributed by atoms with van der Waals surface area (Å²) in [5, 5.41) is 13.9. The van der Waals surface area contributed by atoms with Crippen LogP contribution in [0.4, 0.5) is 10.1 Å². The molecule has 1 heterocycles. The van der Waals surface area contributed by atoms with Crippen molar-refractivity contribution in [2.24, 2.45) is 0 Å². The second-order valence-corrected chi connectivity index (χ2v) is 4.53. The van der Waals surface area contributed by atoms with E-state index in [0.717, 1.165) is 19.6 Å². The van der Waals surface area contributed by atoms with Crippen LogP contribution in [-0.2, 0) is 6.54 Å². The molecule has 0 unspecified atom stereocenters. The molecule has 2 rings (SSSR count). The normalized spacial score (nSPS) is 20.9. The van der Waals surface area contributed by atoms with Gasteiger partial charge < -0.3 is 5.32 Å². The lowest BCUT2D eigenvalue weighted by Gasteiger charge is -2.33. The van der Waals surface area contributed by atoms with E-state index in [1.807, 2.05) is 0 Å². The van der Waals surface area contributed by atoms with E-state index < -0.39 is 16.4 Å². The van der Waals surface area contributed by atoms with E-state index in [9.17, 15) is 14.5 Å². The van der Waals surface area contributed by atoms with Gasteiger partial charge in [0.2, 0.25) is 5.82 Å². The Hall–Kier alpha value is -1.53. The number of nitro benzene ring substituents is 1. The summed E-state index contributed by atoms with van der Waals surface area (Å²) in [6, 6.07) is 4.64. The van der Waals surface area contributed by atoms with Crippen molar-refractivity contribution in [3.05, 3.63) is 39.7 Å². The summed E-state index contributed by atoms with van der Waals surface area (Å²) in [6.45, 7) is 5.01. The van der Waals surface area contributed by atoms with Gasteiger partial charge in [-0.15, -0.1) is 0 Å². The molecule has 1 N–H and O–H groups in total. The Morgan fingerprint density at radius 1 is 1.61 bits per heavy atom. The van der Waals surface area contributed by atoms with Gasteiger partial charge in [-0.1, -0.05) is 12.1 Å². The average Bonchev–Trinajstić information content (AvgIpc) is 2.34. The maximum absolute atomic E-state index is 13.9. The van der Waals surface area contributed by atoms with Gasteiger partial charge in [0.15, 0.2) is 0 Å². The monoisotopic (exact) mass is 253 g/mol. The Bertz CT molecular complexity index is 453. The fourth-order valence-corrected chi connectivity index (χ4v) is 2.17. The van der Waals surface area contributed by atoms with Crippen molar-refractivity contribution >= 4 is 5.69 Å². The molecular weight excluding hydrogens is 237 g/mol. The smallest absolute Gasteiger partial charge is 0.305 e. The Morgan fingerprint density at radius 3 is 3.06 bits per heavy atom. The molecule has 0 aromatic heterocycles. The first-order valence-electron chi connectivity index (χ1n) is 5.96. The lowest BCUT2D eigenvalue weighted by Crippen LogP contribution is -2.49. The van der Waals surface area contributed by atoms with E-state index in [2.05, 4.69) is 17.1 Å². The number of halogens is 1. The summed E-state index contributed by atoms with van der Waals surface area (Å²) >= 11 is 0. The topological polar surface area (TPSA) is 58.4 Å². The van der Waals surface area contributed by atoms with Crippen molar-refractivity contribution < 1.29 is 9.31 Å². The predicted molar refractivity (Wildman–Crippen MR) is 65.8 cm³/mol. The molecule has 0 spiro atoms. The van der Waals surface area contributed by atoms with Crippen molar-refractivity contribution in [3.8, 4) is 0 Å². The second kappa shape index (κ2) is 5.41. The highest BCUT2D eigenvalue weighted by Crippen LogP contribution is 2.22. The molecule has 0 bridgehead atoms. The highest BCUT2D eigenvalue weighted by molar-refractivity contribution is 5.36. The number of benzene rings is 1. The van der Waals surface area contributed by atoms with Crippen LogP contribution in [0.25, 0.3) is 0 Å². The first-order chi connectivity index (χ1) is 8.59. The molecule has 0 saturated carbocycles. The van der Waals surface area contributed by atoms with Crippen molar-refractivity contribution in [3.63, 3.8) is 0 Å². The molecule has 1 aromatic rings. The summed E-state index contributed by atoms with van der Waals surface area (Å²) in [5.41, 5.74) is -0.0618. The van der Waals surface area contributed by atoms with Gasteiger partial charge in [0.25, 0.3) is 0 Å². The molecule has 1 fully saturated rings. The number of nitrogens with zero attached hydrogens (tertiary/aromatic N) is 2. The fourth-order valence-electron chi connectivity index (χ4n) is 2.17. The maximum Gasteiger partial charge on any atom is 0.305 e. The summed E-state index contributed by atoms with van der Waals surface area (Å²) in [4.78, 5) is 12.1. The molecule has 1 atom stereocenters. The van der Waals surface area contributed by atoms with Crippen LogP contribution in [0.15, 0.2) is 18.2 Å². The van der Waals surface area contributed by atoms with Crippen LogP contribution in [0.5, 0.6) is 0 Å². The third kappa shape index (κ3) is 2.65. The molecule has 0 aliphatic carbocycles. The zero-order chi connectivity index (χ0) is 13.1. The first kappa shape index (κ1) is 12.9. The zero-order valence-corrected chi connectivity index (χ0v) is 10.2. The standard InChI is InChI=1S/C12H16FN3O2/c1-9-7-14-5-6-15(9)8-10-3-2-4-11(12(10)13)16(17)18/h2-4,9,14H,5-8H2,1H3/t9-/m0/s1. The van der Waals surface area contributed by atoms with Crippen LogP contribution in [0.1, 0.15) is 12.5 Å². The van der Waals surface area contributed by atoms with Gasteiger partial charge in [0, 0.05) is 43.9 Å². The number of hydrogen-bond donors (Lipinski definition) is 1. The number of rotatable bonds is 3. The van der Waals surface area contributed by atoms with Crippen LogP contribution < -0.4 is 5.32 Å². The Labute approximate surface area is 105 Å². The van der Waals surface area contributed by atoms with Gasteiger partial charge in [-0.2, -0.15) is 4.39 Å². The Kier molecular flexibility index (Phi) is 3.88. The second-order valence-electron chi connectivity index (χ2n) is 4.53. The highest BCUT2D eigenvalue weighted by atomic mass is 19.1. The summed E-state index contributed by atoms with van der Waals surface area (Å²) in [6.07, 6.45) is 0. The van der Waals surface area contributed by atoms with Gasteiger partial charge in [-0.25, -0.2) is 0 Å². The summed E-state index contributed by atoms with van der Waals surface area (Å²) in [5.74, 6) is -0.715. The lowest BCUT2D eigenvalue weighted by molar-refractivity contribution is -0.387.